The fourth-order valence-electron chi connectivity index (χ4n) is 1.61. The van der Waals surface area contributed by atoms with E-state index >= 15 is 0 Å². The zero-order valence-electron chi connectivity index (χ0n) is 10.3. The minimum Gasteiger partial charge on any atom is -0.356 e. The van der Waals surface area contributed by atoms with Gasteiger partial charge in [-0.1, -0.05) is 13.3 Å². The van der Waals surface area contributed by atoms with Crippen molar-refractivity contribution in [2.75, 3.05) is 11.9 Å². The van der Waals surface area contributed by atoms with E-state index in [4.69, 9.17) is 0 Å². The zero-order valence-corrected chi connectivity index (χ0v) is 11.1. The van der Waals surface area contributed by atoms with Crippen LogP contribution >= 0.6 is 11.3 Å². The standard InChI is InChI=1S/C12H18N4S/c1-3-4-5-13-12-14-6-7-16(12)8-11-10(2)15-9-17-11/h6-7,9H,3-5,8H2,1-2H3,(H,13,14). The van der Waals surface area contributed by atoms with E-state index in [9.17, 15) is 0 Å². The lowest BCUT2D eigenvalue weighted by atomic mass is 10.3. The van der Waals surface area contributed by atoms with Gasteiger partial charge in [-0.25, -0.2) is 9.97 Å². The largest absolute Gasteiger partial charge is 0.356 e. The first kappa shape index (κ1) is 12.1. The molecule has 0 fully saturated rings. The summed E-state index contributed by atoms with van der Waals surface area (Å²) < 4.78 is 2.14. The molecule has 1 N–H and O–H groups in total. The van der Waals surface area contributed by atoms with Gasteiger partial charge < -0.3 is 9.88 Å². The van der Waals surface area contributed by atoms with Crippen LogP contribution in [0.4, 0.5) is 5.95 Å². The van der Waals surface area contributed by atoms with Crippen molar-refractivity contribution in [3.63, 3.8) is 0 Å². The molecule has 4 nitrogen and oxygen atoms in total. The molecule has 0 bridgehead atoms. The molecule has 0 unspecified atom stereocenters. The van der Waals surface area contributed by atoms with Crippen LogP contribution in [0.25, 0.3) is 0 Å². The van der Waals surface area contributed by atoms with Gasteiger partial charge >= 0.3 is 0 Å². The Bertz CT molecular complexity index is 461. The minimum absolute atomic E-state index is 0.852. The highest BCUT2D eigenvalue weighted by Gasteiger charge is 2.06. The van der Waals surface area contributed by atoms with Crippen LogP contribution in [-0.4, -0.2) is 21.1 Å². The second-order valence-electron chi connectivity index (χ2n) is 4.02. The minimum atomic E-state index is 0.852. The second-order valence-corrected chi connectivity index (χ2v) is 4.96. The van der Waals surface area contributed by atoms with Crippen molar-refractivity contribution >= 4 is 17.3 Å². The number of nitrogens with zero attached hydrogens (tertiary/aromatic N) is 3. The Morgan fingerprint density at radius 1 is 1.41 bits per heavy atom. The molecule has 0 atom stereocenters. The predicted molar refractivity (Wildman–Crippen MR) is 71.6 cm³/mol. The van der Waals surface area contributed by atoms with Crippen molar-refractivity contribution in [3.8, 4) is 0 Å². The number of aryl methyl sites for hydroxylation is 1. The number of hydrogen-bond donors (Lipinski definition) is 1. The van der Waals surface area contributed by atoms with E-state index in [0.717, 1.165) is 24.7 Å². The highest BCUT2D eigenvalue weighted by atomic mass is 32.1. The maximum Gasteiger partial charge on any atom is 0.203 e. The molecule has 17 heavy (non-hydrogen) atoms. The molecule has 2 aromatic heterocycles. The first-order valence-electron chi connectivity index (χ1n) is 5.95. The van der Waals surface area contributed by atoms with Crippen LogP contribution in [0.3, 0.4) is 0 Å². The Kier molecular flexibility index (Phi) is 4.14. The molecule has 2 rings (SSSR count). The van der Waals surface area contributed by atoms with E-state index in [1.54, 1.807) is 11.3 Å². The lowest BCUT2D eigenvalue weighted by molar-refractivity contribution is 0.778. The highest BCUT2D eigenvalue weighted by Crippen LogP contribution is 2.16. The van der Waals surface area contributed by atoms with E-state index in [2.05, 4.69) is 26.8 Å². The van der Waals surface area contributed by atoms with Crippen molar-refractivity contribution in [3.05, 3.63) is 28.5 Å². The van der Waals surface area contributed by atoms with Gasteiger partial charge in [-0.3, -0.25) is 0 Å². The number of hydrogen-bond acceptors (Lipinski definition) is 4. The number of thiazole rings is 1. The number of imidazole rings is 1. The SMILES string of the molecule is CCCCNc1nccn1Cc1scnc1C. The van der Waals surface area contributed by atoms with Crippen LogP contribution in [0.2, 0.25) is 0 Å². The third kappa shape index (κ3) is 3.06. The van der Waals surface area contributed by atoms with E-state index in [1.165, 1.54) is 17.7 Å². The predicted octanol–water partition coefficient (Wildman–Crippen LogP) is 2.91. The van der Waals surface area contributed by atoms with Crippen molar-refractivity contribution in [2.24, 2.45) is 0 Å². The van der Waals surface area contributed by atoms with Gasteiger partial charge in [-0.15, -0.1) is 11.3 Å². The summed E-state index contributed by atoms with van der Waals surface area (Å²) in [6.45, 7) is 6.07. The number of anilines is 1. The maximum atomic E-state index is 4.33. The van der Waals surface area contributed by atoms with E-state index in [1.807, 2.05) is 24.8 Å². The molecular weight excluding hydrogens is 232 g/mol. The monoisotopic (exact) mass is 250 g/mol. The summed E-state index contributed by atoms with van der Waals surface area (Å²) in [6.07, 6.45) is 6.21. The summed E-state index contributed by atoms with van der Waals surface area (Å²) in [5.41, 5.74) is 3.01. The molecule has 0 radical (unpaired) electrons. The molecule has 2 aromatic rings. The molecule has 2 heterocycles. The van der Waals surface area contributed by atoms with Crippen molar-refractivity contribution < 1.29 is 0 Å². The Hall–Kier alpha value is -1.36. The van der Waals surface area contributed by atoms with Crippen molar-refractivity contribution in [1.82, 2.24) is 14.5 Å². The lowest BCUT2D eigenvalue weighted by Crippen LogP contribution is -2.09. The summed E-state index contributed by atoms with van der Waals surface area (Å²) >= 11 is 1.70. The number of aromatic nitrogens is 3. The van der Waals surface area contributed by atoms with Crippen LogP contribution < -0.4 is 5.32 Å². The second kappa shape index (κ2) is 5.82. The molecule has 0 saturated heterocycles. The maximum absolute atomic E-state index is 4.33. The Morgan fingerprint density at radius 2 is 2.29 bits per heavy atom. The summed E-state index contributed by atoms with van der Waals surface area (Å²) in [7, 11) is 0. The van der Waals surface area contributed by atoms with Crippen molar-refractivity contribution in [2.45, 2.75) is 33.2 Å². The molecule has 5 heteroatoms. The smallest absolute Gasteiger partial charge is 0.203 e. The van der Waals surface area contributed by atoms with E-state index < -0.39 is 0 Å². The average molecular weight is 250 g/mol. The van der Waals surface area contributed by atoms with Crippen molar-refractivity contribution in [1.29, 1.82) is 0 Å². The number of unbranched alkanes of at least 4 members (excludes halogenated alkanes) is 1. The third-order valence-corrected chi connectivity index (χ3v) is 3.61. The van der Waals surface area contributed by atoms with Crippen LogP contribution in [0.5, 0.6) is 0 Å². The normalized spacial score (nSPS) is 10.7. The molecule has 0 aliphatic heterocycles. The molecule has 0 saturated carbocycles. The van der Waals surface area contributed by atoms with Crippen LogP contribution in [0.1, 0.15) is 30.3 Å². The number of nitrogens with one attached hydrogen (secondary N) is 1. The molecule has 0 aliphatic carbocycles. The molecule has 0 aliphatic rings. The third-order valence-electron chi connectivity index (χ3n) is 2.69. The van der Waals surface area contributed by atoms with Gasteiger partial charge in [0.15, 0.2) is 0 Å². The molecule has 92 valence electrons. The van der Waals surface area contributed by atoms with Gasteiger partial charge in [0.05, 0.1) is 17.7 Å². The quantitative estimate of drug-likeness (QED) is 0.802. The number of rotatable bonds is 6. The topological polar surface area (TPSA) is 42.7 Å². The van der Waals surface area contributed by atoms with Gasteiger partial charge in [0, 0.05) is 23.8 Å². The van der Waals surface area contributed by atoms with Gasteiger partial charge in [0.25, 0.3) is 0 Å². The lowest BCUT2D eigenvalue weighted by Gasteiger charge is -2.08. The zero-order chi connectivity index (χ0) is 12.1. The fraction of sp³-hybridized carbons (Fsp3) is 0.500. The first-order chi connectivity index (χ1) is 8.31. The molecular formula is C12H18N4S. The van der Waals surface area contributed by atoms with Gasteiger partial charge in [-0.2, -0.15) is 0 Å². The van der Waals surface area contributed by atoms with E-state index in [0.29, 0.717) is 0 Å². The molecule has 0 amide bonds. The van der Waals surface area contributed by atoms with Crippen LogP contribution in [-0.2, 0) is 6.54 Å². The van der Waals surface area contributed by atoms with Crippen LogP contribution in [0, 0.1) is 6.92 Å². The van der Waals surface area contributed by atoms with Gasteiger partial charge in [0.2, 0.25) is 5.95 Å². The first-order valence-corrected chi connectivity index (χ1v) is 6.83. The molecule has 0 spiro atoms. The summed E-state index contributed by atoms with van der Waals surface area (Å²) in [4.78, 5) is 9.89. The van der Waals surface area contributed by atoms with Crippen LogP contribution in [0.15, 0.2) is 17.9 Å². The Balaban J connectivity index is 2.01. The summed E-state index contributed by atoms with van der Waals surface area (Å²) in [6, 6.07) is 0. The van der Waals surface area contributed by atoms with E-state index in [-0.39, 0.29) is 0 Å². The van der Waals surface area contributed by atoms with Gasteiger partial charge in [-0.05, 0) is 13.3 Å². The highest BCUT2D eigenvalue weighted by molar-refractivity contribution is 7.09. The Morgan fingerprint density at radius 3 is 3.00 bits per heavy atom. The Labute approximate surface area is 106 Å². The fourth-order valence-corrected chi connectivity index (χ4v) is 2.39. The molecule has 0 aromatic carbocycles. The average Bonchev–Trinajstić information content (AvgIpc) is 2.91. The summed E-state index contributed by atoms with van der Waals surface area (Å²) in [5.74, 6) is 0.950. The van der Waals surface area contributed by atoms with Gasteiger partial charge in [0.1, 0.15) is 0 Å². The summed E-state index contributed by atoms with van der Waals surface area (Å²) in [5, 5.41) is 3.36.